The van der Waals surface area contributed by atoms with E-state index in [-0.39, 0.29) is 10.8 Å². The van der Waals surface area contributed by atoms with Gasteiger partial charge in [-0.3, -0.25) is 0 Å². The van der Waals surface area contributed by atoms with Crippen molar-refractivity contribution in [1.82, 2.24) is 0 Å². The van der Waals surface area contributed by atoms with Gasteiger partial charge in [-0.15, -0.1) is 0 Å². The van der Waals surface area contributed by atoms with Crippen LogP contribution in [0.5, 0.6) is 0 Å². The van der Waals surface area contributed by atoms with Crippen molar-refractivity contribution in [2.24, 2.45) is 11.3 Å². The largest absolute Gasteiger partial charge is 0.198 e. The second-order valence-corrected chi connectivity index (χ2v) is 7.87. The van der Waals surface area contributed by atoms with Gasteiger partial charge in [0.2, 0.25) is 0 Å². The summed E-state index contributed by atoms with van der Waals surface area (Å²) in [7, 11) is 0. The summed E-state index contributed by atoms with van der Waals surface area (Å²) in [6.07, 6.45) is 6.78. The highest BCUT2D eigenvalue weighted by Crippen LogP contribution is 2.42. The normalized spacial score (nSPS) is 26.3. The maximum atomic E-state index is 9.70. The van der Waals surface area contributed by atoms with Crippen LogP contribution in [-0.4, -0.2) is 0 Å². The lowest BCUT2D eigenvalue weighted by molar-refractivity contribution is 0.205. The van der Waals surface area contributed by atoms with E-state index >= 15 is 0 Å². The molecule has 0 bridgehead atoms. The average Bonchev–Trinajstić information content (AvgIpc) is 2.47. The second kappa shape index (κ2) is 6.22. The molecule has 0 saturated heterocycles. The maximum absolute atomic E-state index is 9.70. The molecule has 21 heavy (non-hydrogen) atoms. The Bertz CT molecular complexity index is 490. The molecule has 0 aliphatic heterocycles. The van der Waals surface area contributed by atoms with E-state index < -0.39 is 0 Å². The molecule has 1 heteroatoms. The van der Waals surface area contributed by atoms with Gasteiger partial charge in [0.25, 0.3) is 0 Å². The molecule has 0 amide bonds. The molecule has 1 saturated carbocycles. The number of hydrogen-bond acceptors (Lipinski definition) is 1. The van der Waals surface area contributed by atoms with E-state index in [9.17, 15) is 5.26 Å². The van der Waals surface area contributed by atoms with Crippen LogP contribution in [0.25, 0.3) is 0 Å². The molecule has 1 aliphatic rings. The zero-order valence-corrected chi connectivity index (χ0v) is 14.1. The van der Waals surface area contributed by atoms with Crippen LogP contribution in [0.3, 0.4) is 0 Å². The van der Waals surface area contributed by atoms with Gasteiger partial charge in [0.1, 0.15) is 0 Å². The first-order valence-electron chi connectivity index (χ1n) is 8.39. The molecule has 0 unspecified atom stereocenters. The smallest absolute Gasteiger partial charge is 0.0693 e. The predicted molar refractivity (Wildman–Crippen MR) is 89.1 cm³/mol. The fourth-order valence-corrected chi connectivity index (χ4v) is 3.48. The van der Waals surface area contributed by atoms with Gasteiger partial charge in [-0.25, -0.2) is 0 Å². The second-order valence-electron chi connectivity index (χ2n) is 7.87. The molecule has 0 atom stereocenters. The van der Waals surface area contributed by atoms with Gasteiger partial charge in [0.05, 0.1) is 11.5 Å². The highest BCUT2D eigenvalue weighted by Gasteiger charge is 2.35. The third kappa shape index (κ3) is 3.88. The van der Waals surface area contributed by atoms with Crippen molar-refractivity contribution in [3.05, 3.63) is 35.4 Å². The molecule has 2 rings (SSSR count). The SMILES string of the molecule is CCC1CCC(C#N)(Cc2ccc(C(C)(C)C)cc2)CC1. The van der Waals surface area contributed by atoms with Crippen molar-refractivity contribution in [2.75, 3.05) is 0 Å². The molecule has 1 aromatic rings. The summed E-state index contributed by atoms with van der Waals surface area (Å²) >= 11 is 0. The number of rotatable bonds is 3. The van der Waals surface area contributed by atoms with E-state index in [0.29, 0.717) is 0 Å². The fourth-order valence-electron chi connectivity index (χ4n) is 3.48. The van der Waals surface area contributed by atoms with E-state index in [1.54, 1.807) is 0 Å². The predicted octanol–water partition coefficient (Wildman–Crippen LogP) is 5.64. The molecule has 0 N–H and O–H groups in total. The quantitative estimate of drug-likeness (QED) is 0.704. The lowest BCUT2D eigenvalue weighted by Gasteiger charge is -2.35. The van der Waals surface area contributed by atoms with E-state index in [2.05, 4.69) is 58.0 Å². The fraction of sp³-hybridized carbons (Fsp3) is 0.650. The van der Waals surface area contributed by atoms with E-state index in [0.717, 1.165) is 25.2 Å². The minimum atomic E-state index is -0.116. The molecular formula is C20H29N. The summed E-state index contributed by atoms with van der Waals surface area (Å²) in [6, 6.07) is 11.6. The van der Waals surface area contributed by atoms with Gasteiger partial charge in [-0.2, -0.15) is 5.26 Å². The van der Waals surface area contributed by atoms with Gasteiger partial charge in [-0.1, -0.05) is 58.4 Å². The van der Waals surface area contributed by atoms with Crippen molar-refractivity contribution < 1.29 is 0 Å². The average molecular weight is 283 g/mol. The lowest BCUT2D eigenvalue weighted by Crippen LogP contribution is -2.28. The van der Waals surface area contributed by atoms with Gasteiger partial charge in [0.15, 0.2) is 0 Å². The van der Waals surface area contributed by atoms with E-state index in [1.165, 1.54) is 30.4 Å². The molecule has 0 spiro atoms. The topological polar surface area (TPSA) is 23.8 Å². The number of benzene rings is 1. The van der Waals surface area contributed by atoms with Gasteiger partial charge in [0, 0.05) is 0 Å². The minimum Gasteiger partial charge on any atom is -0.198 e. The molecular weight excluding hydrogens is 254 g/mol. The molecule has 0 heterocycles. The highest BCUT2D eigenvalue weighted by molar-refractivity contribution is 5.29. The third-order valence-corrected chi connectivity index (χ3v) is 5.24. The van der Waals surface area contributed by atoms with E-state index in [1.807, 2.05) is 0 Å². The van der Waals surface area contributed by atoms with Crippen LogP contribution in [0, 0.1) is 22.7 Å². The maximum Gasteiger partial charge on any atom is 0.0693 e. The Kier molecular flexibility index (Phi) is 4.77. The Hall–Kier alpha value is -1.29. The summed E-state index contributed by atoms with van der Waals surface area (Å²) in [5.74, 6) is 0.842. The van der Waals surface area contributed by atoms with Crippen LogP contribution in [0.2, 0.25) is 0 Å². The van der Waals surface area contributed by atoms with Crippen LogP contribution in [-0.2, 0) is 11.8 Å². The van der Waals surface area contributed by atoms with Crippen LogP contribution in [0.1, 0.15) is 70.9 Å². The molecule has 1 nitrogen and oxygen atoms in total. The van der Waals surface area contributed by atoms with Crippen LogP contribution < -0.4 is 0 Å². The summed E-state index contributed by atoms with van der Waals surface area (Å²) in [4.78, 5) is 0. The highest BCUT2D eigenvalue weighted by atomic mass is 14.4. The summed E-state index contributed by atoms with van der Waals surface area (Å²) in [5.41, 5.74) is 2.77. The first-order valence-corrected chi connectivity index (χ1v) is 8.39. The standard InChI is InChI=1S/C20H29N/c1-5-16-10-12-20(15-21,13-11-16)14-17-6-8-18(9-7-17)19(2,3)4/h6-9,16H,5,10-14H2,1-4H3. The van der Waals surface area contributed by atoms with Crippen LogP contribution >= 0.6 is 0 Å². The van der Waals surface area contributed by atoms with Crippen molar-refractivity contribution >= 4 is 0 Å². The monoisotopic (exact) mass is 283 g/mol. The summed E-state index contributed by atoms with van der Waals surface area (Å²) in [5, 5.41) is 9.70. The minimum absolute atomic E-state index is 0.116. The molecule has 1 aromatic carbocycles. The van der Waals surface area contributed by atoms with Gasteiger partial charge < -0.3 is 0 Å². The van der Waals surface area contributed by atoms with Crippen molar-refractivity contribution in [3.8, 4) is 6.07 Å². The number of nitriles is 1. The Morgan fingerprint density at radius 3 is 2.14 bits per heavy atom. The molecule has 0 radical (unpaired) electrons. The van der Waals surface area contributed by atoms with Gasteiger partial charge in [-0.05, 0) is 54.6 Å². The Morgan fingerprint density at radius 1 is 1.14 bits per heavy atom. The first kappa shape index (κ1) is 16.1. The molecule has 114 valence electrons. The lowest BCUT2D eigenvalue weighted by atomic mass is 9.68. The van der Waals surface area contributed by atoms with Crippen molar-refractivity contribution in [2.45, 2.75) is 71.6 Å². The van der Waals surface area contributed by atoms with Crippen molar-refractivity contribution in [3.63, 3.8) is 0 Å². The van der Waals surface area contributed by atoms with Crippen molar-refractivity contribution in [1.29, 1.82) is 5.26 Å². The molecule has 1 aliphatic carbocycles. The first-order chi connectivity index (χ1) is 9.88. The summed E-state index contributed by atoms with van der Waals surface area (Å²) < 4.78 is 0. The number of nitrogens with zero attached hydrogens (tertiary/aromatic N) is 1. The van der Waals surface area contributed by atoms with E-state index in [4.69, 9.17) is 0 Å². The zero-order chi connectivity index (χ0) is 15.5. The van der Waals surface area contributed by atoms with Crippen LogP contribution in [0.15, 0.2) is 24.3 Å². The summed E-state index contributed by atoms with van der Waals surface area (Å²) in [6.45, 7) is 9.00. The van der Waals surface area contributed by atoms with Crippen LogP contribution in [0.4, 0.5) is 0 Å². The Morgan fingerprint density at radius 2 is 1.71 bits per heavy atom. The Labute approximate surface area is 130 Å². The van der Waals surface area contributed by atoms with Gasteiger partial charge >= 0.3 is 0 Å². The molecule has 0 aromatic heterocycles. The molecule has 1 fully saturated rings. The third-order valence-electron chi connectivity index (χ3n) is 5.24. The zero-order valence-electron chi connectivity index (χ0n) is 14.1. The Balaban J connectivity index is 2.08. The number of hydrogen-bond donors (Lipinski definition) is 0.